The van der Waals surface area contributed by atoms with E-state index in [1.807, 2.05) is 7.05 Å². The van der Waals surface area contributed by atoms with Gasteiger partial charge in [0.05, 0.1) is 0 Å². The van der Waals surface area contributed by atoms with Crippen LogP contribution in [0.1, 0.15) is 47.5 Å². The van der Waals surface area contributed by atoms with Crippen LogP contribution in [0.4, 0.5) is 0 Å². The van der Waals surface area contributed by atoms with Crippen molar-refractivity contribution >= 4 is 0 Å². The van der Waals surface area contributed by atoms with Gasteiger partial charge in [-0.05, 0) is 32.7 Å². The van der Waals surface area contributed by atoms with Crippen LogP contribution in [0.5, 0.6) is 0 Å². The minimum absolute atomic E-state index is 0.246. The Balaban J connectivity index is 3.93. The molecule has 0 aliphatic rings. The first-order valence-electron chi connectivity index (χ1n) is 5.72. The van der Waals surface area contributed by atoms with Gasteiger partial charge in [0.2, 0.25) is 0 Å². The number of rotatable bonds is 7. The van der Waals surface area contributed by atoms with Gasteiger partial charge in [0, 0.05) is 18.6 Å². The Labute approximate surface area is 89.9 Å². The van der Waals surface area contributed by atoms with Gasteiger partial charge in [-0.1, -0.05) is 27.2 Å². The van der Waals surface area contributed by atoms with E-state index in [0.717, 1.165) is 13.1 Å². The molecule has 0 radical (unpaired) electrons. The van der Waals surface area contributed by atoms with Crippen LogP contribution in [-0.2, 0) is 0 Å². The second kappa shape index (κ2) is 5.72. The van der Waals surface area contributed by atoms with E-state index >= 15 is 0 Å². The van der Waals surface area contributed by atoms with Crippen LogP contribution >= 0.6 is 0 Å². The summed E-state index contributed by atoms with van der Waals surface area (Å²) >= 11 is 0. The van der Waals surface area contributed by atoms with Gasteiger partial charge in [0.1, 0.15) is 0 Å². The molecular weight excluding hydrogens is 172 g/mol. The Morgan fingerprint density at radius 2 is 1.57 bits per heavy atom. The van der Waals surface area contributed by atoms with E-state index < -0.39 is 0 Å². The van der Waals surface area contributed by atoms with E-state index in [2.05, 4.69) is 45.3 Å². The van der Waals surface area contributed by atoms with E-state index in [0.29, 0.717) is 5.41 Å². The van der Waals surface area contributed by atoms with Gasteiger partial charge in [0.15, 0.2) is 0 Å². The van der Waals surface area contributed by atoms with Crippen molar-refractivity contribution in [2.75, 3.05) is 20.1 Å². The summed E-state index contributed by atoms with van der Waals surface area (Å²) in [5, 5.41) is 6.74. The zero-order valence-corrected chi connectivity index (χ0v) is 10.8. The minimum atomic E-state index is 0.246. The molecule has 0 saturated carbocycles. The molecule has 2 heteroatoms. The number of nitrogens with one attached hydrogen (secondary N) is 2. The highest BCUT2D eigenvalue weighted by atomic mass is 15.0. The molecule has 0 heterocycles. The molecule has 14 heavy (non-hydrogen) atoms. The molecule has 0 spiro atoms. The van der Waals surface area contributed by atoms with Gasteiger partial charge in [-0.25, -0.2) is 0 Å². The highest BCUT2D eigenvalue weighted by molar-refractivity contribution is 4.84. The Bertz CT molecular complexity index is 150. The molecule has 2 nitrogen and oxygen atoms in total. The predicted octanol–water partition coefficient (Wildman–Crippen LogP) is 2.40. The van der Waals surface area contributed by atoms with E-state index in [9.17, 15) is 0 Å². The van der Waals surface area contributed by atoms with Gasteiger partial charge >= 0.3 is 0 Å². The maximum atomic E-state index is 3.59. The Kier molecular flexibility index (Phi) is 5.68. The van der Waals surface area contributed by atoms with E-state index in [-0.39, 0.29) is 5.54 Å². The van der Waals surface area contributed by atoms with Crippen LogP contribution in [0.25, 0.3) is 0 Å². The third-order valence-electron chi connectivity index (χ3n) is 2.86. The lowest BCUT2D eigenvalue weighted by molar-refractivity contribution is 0.217. The fraction of sp³-hybridized carbons (Fsp3) is 1.00. The molecule has 0 bridgehead atoms. The van der Waals surface area contributed by atoms with E-state index in [4.69, 9.17) is 0 Å². The number of hydrogen-bond acceptors (Lipinski definition) is 2. The van der Waals surface area contributed by atoms with Gasteiger partial charge in [0.25, 0.3) is 0 Å². The van der Waals surface area contributed by atoms with Crippen LogP contribution in [0.3, 0.4) is 0 Å². The number of hydrogen-bond donors (Lipinski definition) is 2. The molecule has 0 rings (SSSR count). The first-order chi connectivity index (χ1) is 6.33. The Morgan fingerprint density at radius 1 is 1.00 bits per heavy atom. The second-order valence-corrected chi connectivity index (χ2v) is 5.61. The smallest absolute Gasteiger partial charge is 0.0130 e. The SMILES string of the molecule is CCC(C)(C)CC(C)(C)NCCNC. The lowest BCUT2D eigenvalue weighted by atomic mass is 9.78. The molecule has 0 aromatic carbocycles. The fourth-order valence-electron chi connectivity index (χ4n) is 1.91. The summed E-state index contributed by atoms with van der Waals surface area (Å²) < 4.78 is 0. The molecule has 0 aliphatic heterocycles. The van der Waals surface area contributed by atoms with Crippen LogP contribution < -0.4 is 10.6 Å². The van der Waals surface area contributed by atoms with Gasteiger partial charge in [-0.15, -0.1) is 0 Å². The first kappa shape index (κ1) is 13.9. The van der Waals surface area contributed by atoms with Crippen molar-refractivity contribution < 1.29 is 0 Å². The summed E-state index contributed by atoms with van der Waals surface area (Å²) in [5.74, 6) is 0. The van der Waals surface area contributed by atoms with Crippen LogP contribution in [0, 0.1) is 5.41 Å². The molecule has 0 unspecified atom stereocenters. The fourth-order valence-corrected chi connectivity index (χ4v) is 1.91. The molecule has 0 saturated heterocycles. The third kappa shape index (κ3) is 6.39. The molecule has 0 atom stereocenters. The van der Waals surface area contributed by atoms with Crippen molar-refractivity contribution in [1.82, 2.24) is 10.6 Å². The zero-order valence-electron chi connectivity index (χ0n) is 10.8. The molecule has 2 N–H and O–H groups in total. The van der Waals surface area contributed by atoms with Crippen molar-refractivity contribution in [3.05, 3.63) is 0 Å². The molecular formula is C12H28N2. The minimum Gasteiger partial charge on any atom is -0.318 e. The molecule has 0 aromatic heterocycles. The quantitative estimate of drug-likeness (QED) is 0.617. The lowest BCUT2D eigenvalue weighted by Crippen LogP contribution is -2.45. The summed E-state index contributed by atoms with van der Waals surface area (Å²) in [5.41, 5.74) is 0.687. The average Bonchev–Trinajstić information content (AvgIpc) is 2.03. The van der Waals surface area contributed by atoms with Crippen molar-refractivity contribution in [1.29, 1.82) is 0 Å². The predicted molar refractivity (Wildman–Crippen MR) is 64.7 cm³/mol. The van der Waals surface area contributed by atoms with Gasteiger partial charge < -0.3 is 10.6 Å². The van der Waals surface area contributed by atoms with Crippen LogP contribution in [-0.4, -0.2) is 25.7 Å². The highest BCUT2D eigenvalue weighted by Gasteiger charge is 2.26. The summed E-state index contributed by atoms with van der Waals surface area (Å²) in [4.78, 5) is 0. The van der Waals surface area contributed by atoms with Gasteiger partial charge in [-0.2, -0.15) is 0 Å². The normalized spacial score (nSPS) is 13.3. The summed E-state index contributed by atoms with van der Waals surface area (Å²) in [6.07, 6.45) is 2.46. The summed E-state index contributed by atoms with van der Waals surface area (Å²) in [6, 6.07) is 0. The molecule has 0 amide bonds. The maximum absolute atomic E-state index is 3.59. The van der Waals surface area contributed by atoms with Crippen molar-refractivity contribution in [2.24, 2.45) is 5.41 Å². The van der Waals surface area contributed by atoms with Crippen molar-refractivity contribution in [2.45, 2.75) is 53.0 Å². The maximum Gasteiger partial charge on any atom is 0.0130 e. The molecule has 0 fully saturated rings. The van der Waals surface area contributed by atoms with Crippen LogP contribution in [0.15, 0.2) is 0 Å². The van der Waals surface area contributed by atoms with Crippen molar-refractivity contribution in [3.8, 4) is 0 Å². The van der Waals surface area contributed by atoms with E-state index in [1.54, 1.807) is 0 Å². The Hall–Kier alpha value is -0.0800. The highest BCUT2D eigenvalue weighted by Crippen LogP contribution is 2.30. The molecule has 0 aromatic rings. The second-order valence-electron chi connectivity index (χ2n) is 5.61. The summed E-state index contributed by atoms with van der Waals surface area (Å²) in [6.45, 7) is 13.6. The Morgan fingerprint density at radius 3 is 2.00 bits per heavy atom. The third-order valence-corrected chi connectivity index (χ3v) is 2.86. The van der Waals surface area contributed by atoms with Crippen LogP contribution in [0.2, 0.25) is 0 Å². The zero-order chi connectivity index (χ0) is 11.2. The van der Waals surface area contributed by atoms with Crippen molar-refractivity contribution in [3.63, 3.8) is 0 Å². The number of likely N-dealkylation sites (N-methyl/N-ethyl adjacent to an activating group) is 1. The summed E-state index contributed by atoms with van der Waals surface area (Å²) in [7, 11) is 1.99. The average molecular weight is 200 g/mol. The topological polar surface area (TPSA) is 24.1 Å². The molecule has 86 valence electrons. The first-order valence-corrected chi connectivity index (χ1v) is 5.72. The largest absolute Gasteiger partial charge is 0.318 e. The van der Waals surface area contributed by atoms with E-state index in [1.165, 1.54) is 12.8 Å². The molecule has 0 aliphatic carbocycles. The monoisotopic (exact) mass is 200 g/mol. The van der Waals surface area contributed by atoms with Gasteiger partial charge in [-0.3, -0.25) is 0 Å². The lowest BCUT2D eigenvalue weighted by Gasteiger charge is -2.35. The standard InChI is InChI=1S/C12H28N2/c1-7-11(2,3)10-12(4,5)14-9-8-13-6/h13-14H,7-10H2,1-6H3.